The summed E-state index contributed by atoms with van der Waals surface area (Å²) in [6, 6.07) is 6.68. The summed E-state index contributed by atoms with van der Waals surface area (Å²) in [5.41, 5.74) is 10.7. The quantitative estimate of drug-likeness (QED) is 0.476. The number of ether oxygens (including phenoxy) is 1. The zero-order valence-electron chi connectivity index (χ0n) is 18.4. The first-order valence-electron chi connectivity index (χ1n) is 11.2. The number of likely N-dealkylation sites (tertiary alicyclic amines) is 1. The van der Waals surface area contributed by atoms with Crippen LogP contribution in [-0.2, 0) is 19.5 Å². The van der Waals surface area contributed by atoms with Gasteiger partial charge < -0.3 is 15.4 Å². The lowest BCUT2D eigenvalue weighted by molar-refractivity contribution is 0.285. The Morgan fingerprint density at radius 1 is 1.19 bits per heavy atom. The third kappa shape index (κ3) is 5.31. The van der Waals surface area contributed by atoms with Crippen molar-refractivity contribution in [3.05, 3.63) is 52.1 Å². The number of halogens is 1. The van der Waals surface area contributed by atoms with Gasteiger partial charge in [0.05, 0.1) is 6.61 Å². The Balaban J connectivity index is 1.57. The Morgan fingerprint density at radius 2 is 2.00 bits per heavy atom. The van der Waals surface area contributed by atoms with Crippen LogP contribution >= 0.6 is 11.6 Å². The molecular weight excluding hydrogens is 410 g/mol. The van der Waals surface area contributed by atoms with Crippen LogP contribution in [0.3, 0.4) is 0 Å². The first kappa shape index (κ1) is 21.9. The van der Waals surface area contributed by atoms with Crippen LogP contribution in [0.5, 0.6) is 6.01 Å². The van der Waals surface area contributed by atoms with Crippen LogP contribution < -0.4 is 15.4 Å². The maximum atomic E-state index is 6.52. The van der Waals surface area contributed by atoms with Gasteiger partial charge in [-0.25, -0.2) is 0 Å². The smallest absolute Gasteiger partial charge is 0.320 e. The minimum absolute atomic E-state index is 0.355. The van der Waals surface area contributed by atoms with Gasteiger partial charge in [0, 0.05) is 36.6 Å². The number of rotatable bonds is 8. The van der Waals surface area contributed by atoms with Crippen LogP contribution in [0.15, 0.2) is 30.4 Å². The molecule has 1 saturated heterocycles. The predicted octanol–water partition coefficient (Wildman–Crippen LogP) is 4.61. The molecule has 31 heavy (non-hydrogen) atoms. The Bertz CT molecular complexity index is 942. The highest BCUT2D eigenvalue weighted by Gasteiger charge is 2.25. The van der Waals surface area contributed by atoms with Gasteiger partial charge in [0.2, 0.25) is 0 Å². The second-order valence-electron chi connectivity index (χ2n) is 8.59. The lowest BCUT2D eigenvalue weighted by atomic mass is 10.0. The first-order valence-corrected chi connectivity index (χ1v) is 11.6. The molecule has 0 bridgehead atoms. The van der Waals surface area contributed by atoms with Gasteiger partial charge in [0.1, 0.15) is 11.6 Å². The van der Waals surface area contributed by atoms with Crippen LogP contribution in [0.4, 0.5) is 11.6 Å². The van der Waals surface area contributed by atoms with E-state index in [-0.39, 0.29) is 0 Å². The van der Waals surface area contributed by atoms with Crippen molar-refractivity contribution >= 4 is 23.2 Å². The summed E-state index contributed by atoms with van der Waals surface area (Å²) in [4.78, 5) is 13.8. The maximum absolute atomic E-state index is 6.52. The van der Waals surface area contributed by atoms with Crippen LogP contribution in [0.1, 0.15) is 49.3 Å². The number of aromatic nitrogens is 2. The Kier molecular flexibility index (Phi) is 6.98. The second-order valence-corrected chi connectivity index (χ2v) is 8.99. The van der Waals surface area contributed by atoms with E-state index in [0.717, 1.165) is 61.0 Å². The summed E-state index contributed by atoms with van der Waals surface area (Å²) in [5.74, 6) is 1.33. The van der Waals surface area contributed by atoms with E-state index in [2.05, 4.69) is 40.4 Å². The molecule has 0 unspecified atom stereocenters. The van der Waals surface area contributed by atoms with E-state index in [9.17, 15) is 0 Å². The number of benzene rings is 1. The molecule has 0 saturated carbocycles. The van der Waals surface area contributed by atoms with E-state index in [1.807, 2.05) is 6.07 Å². The van der Waals surface area contributed by atoms with Gasteiger partial charge in [0.15, 0.2) is 0 Å². The van der Waals surface area contributed by atoms with Crippen LogP contribution in [-0.4, -0.2) is 41.1 Å². The summed E-state index contributed by atoms with van der Waals surface area (Å²) in [6.07, 6.45) is 5.27. The van der Waals surface area contributed by atoms with Gasteiger partial charge in [-0.3, -0.25) is 4.90 Å². The zero-order valence-corrected chi connectivity index (χ0v) is 19.1. The lowest BCUT2D eigenvalue weighted by Crippen LogP contribution is -2.32. The molecule has 0 amide bonds. The van der Waals surface area contributed by atoms with Crippen molar-refractivity contribution in [1.29, 1.82) is 0 Å². The zero-order chi connectivity index (χ0) is 21.8. The highest BCUT2D eigenvalue weighted by molar-refractivity contribution is 6.31. The maximum Gasteiger partial charge on any atom is 0.320 e. The molecule has 1 aromatic heterocycles. The Hall–Kier alpha value is -2.31. The van der Waals surface area contributed by atoms with Crippen molar-refractivity contribution in [2.45, 2.75) is 52.1 Å². The standard InChI is InChI=1S/C24H32ClN5O/c1-3-4-11-31-24-27-22(26)20-12-17(2)14-30(23(20)28-24)15-18-7-8-21(25)19(13-18)16-29-9-5-6-10-29/h7-8,13H,2-6,9-12,14-16H2,1H3,(H2,26,27,28). The third-order valence-electron chi connectivity index (χ3n) is 5.94. The number of nitrogens with zero attached hydrogens (tertiary/aromatic N) is 4. The number of fused-ring (bicyclic) bond motifs is 1. The van der Waals surface area contributed by atoms with Crippen molar-refractivity contribution in [1.82, 2.24) is 14.9 Å². The van der Waals surface area contributed by atoms with Gasteiger partial charge >= 0.3 is 6.01 Å². The summed E-state index contributed by atoms with van der Waals surface area (Å²) in [7, 11) is 0. The second kappa shape index (κ2) is 9.88. The molecule has 2 aromatic rings. The fourth-order valence-electron chi connectivity index (χ4n) is 4.30. The first-order chi connectivity index (χ1) is 15.0. The molecule has 0 spiro atoms. The molecule has 2 N–H and O–H groups in total. The largest absolute Gasteiger partial charge is 0.463 e. The van der Waals surface area contributed by atoms with Crippen molar-refractivity contribution < 1.29 is 4.74 Å². The van der Waals surface area contributed by atoms with Crippen molar-refractivity contribution in [2.24, 2.45) is 0 Å². The van der Waals surface area contributed by atoms with Gasteiger partial charge in [-0.1, -0.05) is 49.2 Å². The number of hydrogen-bond donors (Lipinski definition) is 1. The molecule has 1 aromatic carbocycles. The topological polar surface area (TPSA) is 67.5 Å². The van der Waals surface area contributed by atoms with Crippen LogP contribution in [0, 0.1) is 0 Å². The number of hydrogen-bond acceptors (Lipinski definition) is 6. The van der Waals surface area contributed by atoms with Crippen molar-refractivity contribution in [3.8, 4) is 6.01 Å². The van der Waals surface area contributed by atoms with Crippen LogP contribution in [0.25, 0.3) is 0 Å². The van der Waals surface area contributed by atoms with E-state index < -0.39 is 0 Å². The average Bonchev–Trinajstić information content (AvgIpc) is 3.25. The Labute approximate surface area is 190 Å². The van der Waals surface area contributed by atoms with E-state index >= 15 is 0 Å². The molecule has 0 aliphatic carbocycles. The molecule has 4 rings (SSSR count). The summed E-state index contributed by atoms with van der Waals surface area (Å²) in [5, 5.41) is 0.831. The van der Waals surface area contributed by atoms with Gasteiger partial charge in [-0.05, 0) is 49.5 Å². The van der Waals surface area contributed by atoms with Crippen LogP contribution in [0.2, 0.25) is 5.02 Å². The monoisotopic (exact) mass is 441 g/mol. The molecule has 3 heterocycles. The fraction of sp³-hybridized carbons (Fsp3) is 0.500. The van der Waals surface area contributed by atoms with Crippen molar-refractivity contribution in [2.75, 3.05) is 36.9 Å². The van der Waals surface area contributed by atoms with Gasteiger partial charge in [0.25, 0.3) is 0 Å². The minimum atomic E-state index is 0.355. The lowest BCUT2D eigenvalue weighted by Gasteiger charge is -2.32. The molecule has 0 atom stereocenters. The minimum Gasteiger partial charge on any atom is -0.463 e. The summed E-state index contributed by atoms with van der Waals surface area (Å²) in [6.45, 7) is 11.6. The molecule has 2 aliphatic rings. The number of nitrogens with two attached hydrogens (primary N) is 1. The van der Waals surface area contributed by atoms with Gasteiger partial charge in [-0.2, -0.15) is 9.97 Å². The van der Waals surface area contributed by atoms with E-state index in [1.54, 1.807) is 0 Å². The van der Waals surface area contributed by atoms with E-state index in [4.69, 9.17) is 27.1 Å². The SMILES string of the molecule is C=C1Cc2c(N)nc(OCCCC)nc2N(Cc2ccc(Cl)c(CN3CCCC3)c2)C1. The molecule has 6 nitrogen and oxygen atoms in total. The fourth-order valence-corrected chi connectivity index (χ4v) is 4.48. The van der Waals surface area contributed by atoms with E-state index in [0.29, 0.717) is 31.4 Å². The third-order valence-corrected chi connectivity index (χ3v) is 6.31. The molecule has 1 fully saturated rings. The van der Waals surface area contributed by atoms with E-state index in [1.165, 1.54) is 24.0 Å². The molecule has 166 valence electrons. The van der Waals surface area contributed by atoms with Gasteiger partial charge in [-0.15, -0.1) is 0 Å². The highest BCUT2D eigenvalue weighted by atomic mass is 35.5. The molecule has 7 heteroatoms. The number of nitrogen functional groups attached to an aromatic ring is 1. The number of unbranched alkanes of at least 4 members (excludes halogenated alkanes) is 1. The normalized spacial score (nSPS) is 16.6. The summed E-state index contributed by atoms with van der Waals surface area (Å²) < 4.78 is 5.75. The number of anilines is 2. The predicted molar refractivity (Wildman–Crippen MR) is 127 cm³/mol. The van der Waals surface area contributed by atoms with Crippen molar-refractivity contribution in [3.63, 3.8) is 0 Å². The molecule has 0 radical (unpaired) electrons. The highest BCUT2D eigenvalue weighted by Crippen LogP contribution is 2.33. The molecular formula is C24H32ClN5O. The summed E-state index contributed by atoms with van der Waals surface area (Å²) >= 11 is 6.52. The average molecular weight is 442 g/mol. The molecule has 2 aliphatic heterocycles. The Morgan fingerprint density at radius 3 is 2.77 bits per heavy atom.